The molecule has 1 heterocycles. The summed E-state index contributed by atoms with van der Waals surface area (Å²) in [5.41, 5.74) is 0. The summed E-state index contributed by atoms with van der Waals surface area (Å²) in [7, 11) is 1.52. The smallest absolute Gasteiger partial charge is 0.318 e. The monoisotopic (exact) mass is 247 g/mol. The third-order valence-electron chi connectivity index (χ3n) is 2.33. The number of hydrogen-bond acceptors (Lipinski definition) is 4. The highest BCUT2D eigenvalue weighted by molar-refractivity contribution is 6.32. The van der Waals surface area contributed by atoms with E-state index >= 15 is 0 Å². The lowest BCUT2D eigenvalue weighted by molar-refractivity contribution is 0.379. The number of ether oxygens (including phenoxy) is 1. The summed E-state index contributed by atoms with van der Waals surface area (Å²) in [4.78, 5) is 8.01. The van der Waals surface area contributed by atoms with Crippen LogP contribution in [0.15, 0.2) is 6.20 Å². The lowest BCUT2D eigenvalue weighted by atomic mass is 9.92. The number of anilines is 1. The maximum Gasteiger partial charge on any atom is 0.318 e. The Morgan fingerprint density at radius 3 is 2.87 bits per heavy atom. The molecule has 0 radical (unpaired) electrons. The summed E-state index contributed by atoms with van der Waals surface area (Å²) in [5, 5.41) is 3.97. The summed E-state index contributed by atoms with van der Waals surface area (Å²) in [6.07, 6.45) is 3.39. The Balaban J connectivity index is 2.06. The Morgan fingerprint density at radius 2 is 2.27 bits per heavy atom. The third kappa shape index (κ3) is 2.44. The molecule has 0 unspecified atom stereocenters. The van der Waals surface area contributed by atoms with Crippen LogP contribution in [0.2, 0.25) is 5.02 Å². The molecule has 2 rings (SSSR count). The SMILES string of the molecule is COc1ncc(Cl)c(NC2CC(Cl)C2)n1. The fourth-order valence-electron chi connectivity index (χ4n) is 1.41. The highest BCUT2D eigenvalue weighted by atomic mass is 35.5. The highest BCUT2D eigenvalue weighted by Gasteiger charge is 2.27. The zero-order valence-corrected chi connectivity index (χ0v) is 9.72. The first-order chi connectivity index (χ1) is 7.19. The molecular weight excluding hydrogens is 237 g/mol. The van der Waals surface area contributed by atoms with Gasteiger partial charge in [-0.25, -0.2) is 4.98 Å². The van der Waals surface area contributed by atoms with Crippen LogP contribution in [0, 0.1) is 0 Å². The van der Waals surface area contributed by atoms with Crippen LogP contribution in [-0.2, 0) is 0 Å². The maximum absolute atomic E-state index is 5.94. The van der Waals surface area contributed by atoms with Gasteiger partial charge in [-0.2, -0.15) is 4.98 Å². The summed E-state index contributed by atoms with van der Waals surface area (Å²) >= 11 is 11.8. The predicted molar refractivity (Wildman–Crippen MR) is 59.9 cm³/mol. The van der Waals surface area contributed by atoms with E-state index in [9.17, 15) is 0 Å². The van der Waals surface area contributed by atoms with E-state index in [4.69, 9.17) is 27.9 Å². The lowest BCUT2D eigenvalue weighted by Crippen LogP contribution is -2.36. The van der Waals surface area contributed by atoms with Crippen LogP contribution < -0.4 is 10.1 Å². The van der Waals surface area contributed by atoms with E-state index in [0.717, 1.165) is 12.8 Å². The molecule has 0 spiro atoms. The largest absolute Gasteiger partial charge is 0.467 e. The number of nitrogens with one attached hydrogen (secondary N) is 1. The summed E-state index contributed by atoms with van der Waals surface area (Å²) < 4.78 is 4.92. The standard InChI is InChI=1S/C9H11Cl2N3O/c1-15-9-12-4-7(11)8(14-9)13-6-2-5(10)3-6/h4-6H,2-3H2,1H3,(H,12,13,14). The first-order valence-electron chi connectivity index (χ1n) is 4.66. The van der Waals surface area contributed by atoms with Crippen LogP contribution in [0.5, 0.6) is 6.01 Å². The number of hydrogen-bond donors (Lipinski definition) is 1. The van der Waals surface area contributed by atoms with E-state index in [1.165, 1.54) is 13.3 Å². The van der Waals surface area contributed by atoms with Gasteiger partial charge in [0.25, 0.3) is 0 Å². The van der Waals surface area contributed by atoms with Gasteiger partial charge in [0.1, 0.15) is 5.02 Å². The molecule has 1 aliphatic rings. The fraction of sp³-hybridized carbons (Fsp3) is 0.556. The lowest BCUT2D eigenvalue weighted by Gasteiger charge is -2.32. The minimum atomic E-state index is 0.269. The van der Waals surface area contributed by atoms with Crippen LogP contribution in [0.1, 0.15) is 12.8 Å². The second kappa shape index (κ2) is 4.41. The van der Waals surface area contributed by atoms with E-state index in [2.05, 4.69) is 15.3 Å². The Bertz CT molecular complexity index is 355. The van der Waals surface area contributed by atoms with Gasteiger partial charge in [-0.05, 0) is 12.8 Å². The van der Waals surface area contributed by atoms with Crippen molar-refractivity contribution >= 4 is 29.0 Å². The zero-order chi connectivity index (χ0) is 10.8. The Morgan fingerprint density at radius 1 is 1.53 bits per heavy atom. The van der Waals surface area contributed by atoms with E-state index in [-0.39, 0.29) is 5.38 Å². The molecule has 15 heavy (non-hydrogen) atoms. The normalized spacial score (nSPS) is 24.5. The number of aromatic nitrogens is 2. The summed E-state index contributed by atoms with van der Waals surface area (Å²) in [6, 6.07) is 0.660. The number of alkyl halides is 1. The van der Waals surface area contributed by atoms with E-state index < -0.39 is 0 Å². The zero-order valence-electron chi connectivity index (χ0n) is 8.20. The quantitative estimate of drug-likeness (QED) is 0.834. The maximum atomic E-state index is 5.94. The van der Waals surface area contributed by atoms with Crippen LogP contribution in [0.3, 0.4) is 0 Å². The van der Waals surface area contributed by atoms with Gasteiger partial charge in [-0.1, -0.05) is 11.6 Å². The topological polar surface area (TPSA) is 47.0 Å². The van der Waals surface area contributed by atoms with Gasteiger partial charge in [-0.3, -0.25) is 0 Å². The third-order valence-corrected chi connectivity index (χ3v) is 2.96. The van der Waals surface area contributed by atoms with Crippen molar-refractivity contribution in [2.75, 3.05) is 12.4 Å². The van der Waals surface area contributed by atoms with Gasteiger partial charge in [0.2, 0.25) is 0 Å². The van der Waals surface area contributed by atoms with Crippen LogP contribution in [0.4, 0.5) is 5.82 Å². The molecule has 1 aromatic heterocycles. The van der Waals surface area contributed by atoms with Gasteiger partial charge in [-0.15, -0.1) is 11.6 Å². The molecule has 1 saturated carbocycles. The highest BCUT2D eigenvalue weighted by Crippen LogP contribution is 2.30. The van der Waals surface area contributed by atoms with Crippen molar-refractivity contribution in [3.05, 3.63) is 11.2 Å². The van der Waals surface area contributed by atoms with Crippen molar-refractivity contribution in [2.45, 2.75) is 24.3 Å². The van der Waals surface area contributed by atoms with Crippen molar-refractivity contribution < 1.29 is 4.74 Å². The van der Waals surface area contributed by atoms with Gasteiger partial charge in [0.15, 0.2) is 5.82 Å². The molecule has 0 atom stereocenters. The molecule has 1 aliphatic carbocycles. The molecule has 82 valence electrons. The predicted octanol–water partition coefficient (Wildman–Crippen LogP) is 2.32. The molecule has 0 aromatic carbocycles. The molecule has 0 aliphatic heterocycles. The first kappa shape index (κ1) is 10.8. The van der Waals surface area contributed by atoms with Crippen molar-refractivity contribution in [1.29, 1.82) is 0 Å². The van der Waals surface area contributed by atoms with Gasteiger partial charge >= 0.3 is 6.01 Å². The average Bonchev–Trinajstić information content (AvgIpc) is 2.19. The minimum Gasteiger partial charge on any atom is -0.467 e. The van der Waals surface area contributed by atoms with Gasteiger partial charge < -0.3 is 10.1 Å². The number of rotatable bonds is 3. The van der Waals surface area contributed by atoms with Crippen LogP contribution in [-0.4, -0.2) is 28.5 Å². The molecule has 0 bridgehead atoms. The van der Waals surface area contributed by atoms with Crippen molar-refractivity contribution in [3.63, 3.8) is 0 Å². The van der Waals surface area contributed by atoms with E-state index in [1.54, 1.807) is 0 Å². The average molecular weight is 248 g/mol. The molecule has 0 amide bonds. The second-order valence-electron chi connectivity index (χ2n) is 3.46. The number of nitrogens with zero attached hydrogens (tertiary/aromatic N) is 2. The number of methoxy groups -OCH3 is 1. The van der Waals surface area contributed by atoms with Crippen LogP contribution >= 0.6 is 23.2 Å². The molecule has 1 fully saturated rings. The minimum absolute atomic E-state index is 0.269. The summed E-state index contributed by atoms with van der Waals surface area (Å²) in [6.45, 7) is 0. The van der Waals surface area contributed by atoms with Crippen molar-refractivity contribution in [3.8, 4) is 6.01 Å². The van der Waals surface area contributed by atoms with Crippen molar-refractivity contribution in [1.82, 2.24) is 9.97 Å². The first-order valence-corrected chi connectivity index (χ1v) is 5.47. The van der Waals surface area contributed by atoms with E-state index in [0.29, 0.717) is 22.9 Å². The Hall–Kier alpha value is -0.740. The van der Waals surface area contributed by atoms with Gasteiger partial charge in [0, 0.05) is 11.4 Å². The number of halogens is 2. The molecule has 1 aromatic rings. The molecule has 0 saturated heterocycles. The van der Waals surface area contributed by atoms with Gasteiger partial charge in [0.05, 0.1) is 13.3 Å². The fourth-order valence-corrected chi connectivity index (χ4v) is 1.99. The van der Waals surface area contributed by atoms with E-state index in [1.807, 2.05) is 0 Å². The Labute approximate surface area is 98.0 Å². The Kier molecular flexibility index (Phi) is 3.17. The molecule has 4 nitrogen and oxygen atoms in total. The molecular formula is C9H11Cl2N3O. The van der Waals surface area contributed by atoms with Crippen LogP contribution in [0.25, 0.3) is 0 Å². The molecule has 1 N–H and O–H groups in total. The molecule has 6 heteroatoms. The second-order valence-corrected chi connectivity index (χ2v) is 4.49. The van der Waals surface area contributed by atoms with Crippen molar-refractivity contribution in [2.24, 2.45) is 0 Å². The summed E-state index contributed by atoms with van der Waals surface area (Å²) in [5.74, 6) is 0.608.